The summed E-state index contributed by atoms with van der Waals surface area (Å²) in [5.41, 5.74) is 0.553. The predicted octanol–water partition coefficient (Wildman–Crippen LogP) is 4.17. The zero-order valence-corrected chi connectivity index (χ0v) is 8.32. The van der Waals surface area contributed by atoms with Gasteiger partial charge in [-0.15, -0.1) is 6.58 Å². The molecule has 0 unspecified atom stereocenters. The van der Waals surface area contributed by atoms with Crippen LogP contribution in [0.4, 0.5) is 0 Å². The Morgan fingerprint density at radius 1 is 1.27 bits per heavy atom. The third-order valence-corrected chi connectivity index (χ3v) is 2.19. The first-order chi connectivity index (χ1) is 5.12. The van der Waals surface area contributed by atoms with Crippen molar-refractivity contribution in [2.75, 3.05) is 0 Å². The van der Waals surface area contributed by atoms with Gasteiger partial charge < -0.3 is 0 Å². The minimum absolute atomic E-state index is 0.553. The minimum atomic E-state index is 0.553. The van der Waals surface area contributed by atoms with Crippen molar-refractivity contribution in [3.05, 3.63) is 12.7 Å². The minimum Gasteiger partial charge on any atom is -0.103 e. The topological polar surface area (TPSA) is 0 Å². The monoisotopic (exact) mass is 154 g/mol. The van der Waals surface area contributed by atoms with Crippen molar-refractivity contribution in [3.8, 4) is 0 Å². The zero-order chi connectivity index (χ0) is 8.74. The Bertz CT molecular complexity index is 101. The van der Waals surface area contributed by atoms with Crippen molar-refractivity contribution in [2.45, 2.75) is 52.9 Å². The summed E-state index contributed by atoms with van der Waals surface area (Å²) < 4.78 is 0. The molecule has 0 heteroatoms. The van der Waals surface area contributed by atoms with Gasteiger partial charge in [-0.2, -0.15) is 0 Å². The van der Waals surface area contributed by atoms with E-state index in [-0.39, 0.29) is 0 Å². The van der Waals surface area contributed by atoms with Crippen LogP contribution < -0.4 is 0 Å². The van der Waals surface area contributed by atoms with Gasteiger partial charge in [-0.1, -0.05) is 33.3 Å². The lowest BCUT2D eigenvalue weighted by molar-refractivity contribution is 0.297. The largest absolute Gasteiger partial charge is 0.103 e. The average Bonchev–Trinajstić information content (AvgIpc) is 1.87. The van der Waals surface area contributed by atoms with Crippen molar-refractivity contribution in [1.82, 2.24) is 0 Å². The van der Waals surface area contributed by atoms with E-state index in [0.717, 1.165) is 0 Å². The van der Waals surface area contributed by atoms with E-state index in [1.54, 1.807) is 0 Å². The molecule has 0 aliphatic carbocycles. The van der Waals surface area contributed by atoms with Crippen molar-refractivity contribution >= 4 is 0 Å². The Kier molecular flexibility index (Phi) is 5.27. The van der Waals surface area contributed by atoms with Gasteiger partial charge in [-0.25, -0.2) is 0 Å². The lowest BCUT2D eigenvalue weighted by atomic mass is 9.83. The van der Waals surface area contributed by atoms with Gasteiger partial charge in [0.1, 0.15) is 0 Å². The Morgan fingerprint density at radius 3 is 2.36 bits per heavy atom. The first-order valence-electron chi connectivity index (χ1n) is 4.73. The molecule has 0 fully saturated rings. The molecule has 0 aromatic heterocycles. The molecule has 0 radical (unpaired) electrons. The number of rotatable bonds is 6. The van der Waals surface area contributed by atoms with E-state index in [4.69, 9.17) is 0 Å². The van der Waals surface area contributed by atoms with E-state index >= 15 is 0 Å². The van der Waals surface area contributed by atoms with Crippen molar-refractivity contribution in [3.63, 3.8) is 0 Å². The average molecular weight is 154 g/mol. The van der Waals surface area contributed by atoms with Gasteiger partial charge in [0.05, 0.1) is 0 Å². The lowest BCUT2D eigenvalue weighted by Gasteiger charge is -2.23. The van der Waals surface area contributed by atoms with Gasteiger partial charge in [-0.05, 0) is 31.1 Å². The summed E-state index contributed by atoms with van der Waals surface area (Å²) in [5, 5.41) is 0. The van der Waals surface area contributed by atoms with Gasteiger partial charge in [0.25, 0.3) is 0 Å². The summed E-state index contributed by atoms with van der Waals surface area (Å²) in [5.74, 6) is 0. The van der Waals surface area contributed by atoms with Crippen LogP contribution in [0.25, 0.3) is 0 Å². The second-order valence-electron chi connectivity index (χ2n) is 4.10. The highest BCUT2D eigenvalue weighted by Gasteiger charge is 2.14. The second-order valence-corrected chi connectivity index (χ2v) is 4.10. The lowest BCUT2D eigenvalue weighted by Crippen LogP contribution is -2.09. The van der Waals surface area contributed by atoms with Crippen LogP contribution in [0, 0.1) is 5.41 Å². The SMILES string of the molecule is C=CCCCC(C)(C)CCC. The quantitative estimate of drug-likeness (QED) is 0.398. The molecule has 0 saturated heterocycles. The molecule has 0 nitrogen and oxygen atoms in total. The van der Waals surface area contributed by atoms with E-state index in [0.29, 0.717) is 5.41 Å². The molecule has 0 aliphatic rings. The van der Waals surface area contributed by atoms with Gasteiger partial charge in [0, 0.05) is 0 Å². The normalized spacial score (nSPS) is 11.5. The third kappa shape index (κ3) is 6.15. The van der Waals surface area contributed by atoms with Crippen LogP contribution in [0.1, 0.15) is 52.9 Å². The van der Waals surface area contributed by atoms with Gasteiger partial charge >= 0.3 is 0 Å². The summed E-state index contributed by atoms with van der Waals surface area (Å²) in [6, 6.07) is 0. The van der Waals surface area contributed by atoms with Crippen LogP contribution in [0.3, 0.4) is 0 Å². The first kappa shape index (κ1) is 10.7. The summed E-state index contributed by atoms with van der Waals surface area (Å²) in [6.07, 6.45) is 8.49. The van der Waals surface area contributed by atoms with E-state index < -0.39 is 0 Å². The van der Waals surface area contributed by atoms with Crippen molar-refractivity contribution in [2.24, 2.45) is 5.41 Å². The van der Waals surface area contributed by atoms with Crippen molar-refractivity contribution < 1.29 is 0 Å². The molecule has 0 spiro atoms. The maximum atomic E-state index is 3.73. The number of hydrogen-bond donors (Lipinski definition) is 0. The summed E-state index contributed by atoms with van der Waals surface area (Å²) in [4.78, 5) is 0. The smallest absolute Gasteiger partial charge is 0.0353 e. The maximum absolute atomic E-state index is 3.73. The molecule has 11 heavy (non-hydrogen) atoms. The molecule has 0 saturated carbocycles. The highest BCUT2D eigenvalue weighted by atomic mass is 14.2. The van der Waals surface area contributed by atoms with Gasteiger partial charge in [0.15, 0.2) is 0 Å². The molecule has 0 bridgehead atoms. The highest BCUT2D eigenvalue weighted by Crippen LogP contribution is 2.28. The molecular weight excluding hydrogens is 132 g/mol. The molecule has 0 aliphatic heterocycles. The number of unbranched alkanes of at least 4 members (excludes halogenated alkanes) is 1. The highest BCUT2D eigenvalue weighted by molar-refractivity contribution is 4.72. The van der Waals surface area contributed by atoms with E-state index in [2.05, 4.69) is 27.4 Å². The summed E-state index contributed by atoms with van der Waals surface area (Å²) in [7, 11) is 0. The molecule has 66 valence electrons. The van der Waals surface area contributed by atoms with E-state index in [1.807, 2.05) is 6.08 Å². The fourth-order valence-electron chi connectivity index (χ4n) is 1.53. The van der Waals surface area contributed by atoms with E-state index in [1.165, 1.54) is 32.1 Å². The summed E-state index contributed by atoms with van der Waals surface area (Å²) in [6.45, 7) is 10.7. The first-order valence-corrected chi connectivity index (χ1v) is 4.73. The Labute approximate surface area is 71.7 Å². The van der Waals surface area contributed by atoms with E-state index in [9.17, 15) is 0 Å². The number of hydrogen-bond acceptors (Lipinski definition) is 0. The zero-order valence-electron chi connectivity index (χ0n) is 8.32. The fraction of sp³-hybridized carbons (Fsp3) is 0.818. The molecule has 0 aromatic carbocycles. The van der Waals surface area contributed by atoms with Crippen LogP contribution in [-0.2, 0) is 0 Å². The van der Waals surface area contributed by atoms with Crippen LogP contribution in [0.15, 0.2) is 12.7 Å². The summed E-state index contributed by atoms with van der Waals surface area (Å²) >= 11 is 0. The maximum Gasteiger partial charge on any atom is -0.0353 e. The Balaban J connectivity index is 3.45. The van der Waals surface area contributed by atoms with Gasteiger partial charge in [-0.3, -0.25) is 0 Å². The van der Waals surface area contributed by atoms with Crippen LogP contribution in [-0.4, -0.2) is 0 Å². The Hall–Kier alpha value is -0.260. The molecule has 0 rings (SSSR count). The van der Waals surface area contributed by atoms with Crippen LogP contribution in [0.2, 0.25) is 0 Å². The molecule has 0 atom stereocenters. The third-order valence-electron chi connectivity index (χ3n) is 2.19. The fourth-order valence-corrected chi connectivity index (χ4v) is 1.53. The molecule has 0 aromatic rings. The Morgan fingerprint density at radius 2 is 1.91 bits per heavy atom. The molecule has 0 heterocycles. The molecular formula is C11H22. The van der Waals surface area contributed by atoms with Crippen LogP contribution in [0.5, 0.6) is 0 Å². The van der Waals surface area contributed by atoms with Crippen molar-refractivity contribution in [1.29, 1.82) is 0 Å². The van der Waals surface area contributed by atoms with Crippen LogP contribution >= 0.6 is 0 Å². The number of allylic oxidation sites excluding steroid dienone is 1. The standard InChI is InChI=1S/C11H22/c1-5-7-8-10-11(3,4)9-6-2/h5H,1,6-10H2,2-4H3. The van der Waals surface area contributed by atoms with Gasteiger partial charge in [0.2, 0.25) is 0 Å². The molecule has 0 amide bonds. The second kappa shape index (κ2) is 5.40. The molecule has 0 N–H and O–H groups in total. The predicted molar refractivity (Wildman–Crippen MR) is 52.7 cm³/mol.